The summed E-state index contributed by atoms with van der Waals surface area (Å²) >= 11 is 7.00. The summed E-state index contributed by atoms with van der Waals surface area (Å²) in [6, 6.07) is 7.93. The SMILES string of the molecule is CCCNc1cc(Nc2ccc(Br)cc2Br)nc(CC)n1. The van der Waals surface area contributed by atoms with Gasteiger partial charge in [0.2, 0.25) is 0 Å². The minimum Gasteiger partial charge on any atom is -0.370 e. The molecule has 0 saturated heterocycles. The van der Waals surface area contributed by atoms with E-state index in [-0.39, 0.29) is 0 Å². The van der Waals surface area contributed by atoms with Crippen LogP contribution in [0.1, 0.15) is 26.1 Å². The Morgan fingerprint density at radius 2 is 1.81 bits per heavy atom. The lowest BCUT2D eigenvalue weighted by Crippen LogP contribution is -2.07. The Kier molecular flexibility index (Phi) is 5.99. The van der Waals surface area contributed by atoms with Crippen molar-refractivity contribution >= 4 is 49.2 Å². The van der Waals surface area contributed by atoms with Gasteiger partial charge in [0, 0.05) is 28.0 Å². The van der Waals surface area contributed by atoms with Gasteiger partial charge in [-0.2, -0.15) is 0 Å². The van der Waals surface area contributed by atoms with E-state index in [4.69, 9.17) is 0 Å². The summed E-state index contributed by atoms with van der Waals surface area (Å²) in [6.45, 7) is 5.09. The number of aromatic nitrogens is 2. The van der Waals surface area contributed by atoms with Crippen molar-refractivity contribution in [1.82, 2.24) is 9.97 Å². The van der Waals surface area contributed by atoms with Crippen molar-refractivity contribution in [3.63, 3.8) is 0 Å². The molecule has 0 amide bonds. The maximum absolute atomic E-state index is 4.52. The predicted molar refractivity (Wildman–Crippen MR) is 95.3 cm³/mol. The van der Waals surface area contributed by atoms with Crippen LogP contribution in [-0.2, 0) is 6.42 Å². The summed E-state index contributed by atoms with van der Waals surface area (Å²) in [4.78, 5) is 9.01. The molecule has 2 N–H and O–H groups in total. The second kappa shape index (κ2) is 7.75. The topological polar surface area (TPSA) is 49.8 Å². The maximum Gasteiger partial charge on any atom is 0.136 e. The molecule has 112 valence electrons. The van der Waals surface area contributed by atoms with Crippen LogP contribution in [0, 0.1) is 0 Å². The van der Waals surface area contributed by atoms with Crippen molar-refractivity contribution < 1.29 is 0 Å². The first-order valence-corrected chi connectivity index (χ1v) is 8.55. The van der Waals surface area contributed by atoms with Crippen LogP contribution < -0.4 is 10.6 Å². The van der Waals surface area contributed by atoms with E-state index < -0.39 is 0 Å². The van der Waals surface area contributed by atoms with Gasteiger partial charge in [-0.05, 0) is 40.5 Å². The van der Waals surface area contributed by atoms with Gasteiger partial charge in [-0.25, -0.2) is 9.97 Å². The molecule has 2 aromatic rings. The third-order valence-corrected chi connectivity index (χ3v) is 3.99. The molecular weight excluding hydrogens is 396 g/mol. The predicted octanol–water partition coefficient (Wildman–Crippen LogP) is 5.13. The third-order valence-electron chi connectivity index (χ3n) is 2.84. The van der Waals surface area contributed by atoms with E-state index in [1.807, 2.05) is 24.3 Å². The highest BCUT2D eigenvalue weighted by Crippen LogP contribution is 2.28. The normalized spacial score (nSPS) is 10.5. The summed E-state index contributed by atoms with van der Waals surface area (Å²) in [5.74, 6) is 2.48. The maximum atomic E-state index is 4.52. The largest absolute Gasteiger partial charge is 0.370 e. The van der Waals surface area contributed by atoms with E-state index in [0.29, 0.717) is 0 Å². The van der Waals surface area contributed by atoms with Crippen LogP contribution in [0.2, 0.25) is 0 Å². The fourth-order valence-electron chi connectivity index (χ4n) is 1.79. The number of hydrogen-bond donors (Lipinski definition) is 2. The van der Waals surface area contributed by atoms with Gasteiger partial charge in [0.15, 0.2) is 0 Å². The van der Waals surface area contributed by atoms with E-state index in [0.717, 1.165) is 51.5 Å². The number of benzene rings is 1. The molecule has 1 heterocycles. The van der Waals surface area contributed by atoms with Gasteiger partial charge in [-0.15, -0.1) is 0 Å². The fraction of sp³-hybridized carbons (Fsp3) is 0.333. The number of anilines is 3. The number of nitrogens with one attached hydrogen (secondary N) is 2. The van der Waals surface area contributed by atoms with Gasteiger partial charge in [-0.3, -0.25) is 0 Å². The molecule has 0 aliphatic carbocycles. The Labute approximate surface area is 142 Å². The molecule has 0 aliphatic heterocycles. The van der Waals surface area contributed by atoms with Gasteiger partial charge in [-0.1, -0.05) is 29.8 Å². The molecule has 0 fully saturated rings. The Morgan fingerprint density at radius 1 is 1.05 bits per heavy atom. The van der Waals surface area contributed by atoms with E-state index in [1.165, 1.54) is 0 Å². The summed E-state index contributed by atoms with van der Waals surface area (Å²) < 4.78 is 2.01. The van der Waals surface area contributed by atoms with Crippen LogP contribution >= 0.6 is 31.9 Å². The molecule has 21 heavy (non-hydrogen) atoms. The van der Waals surface area contributed by atoms with E-state index in [9.17, 15) is 0 Å². The minimum atomic E-state index is 0.795. The molecule has 1 aromatic heterocycles. The van der Waals surface area contributed by atoms with Crippen molar-refractivity contribution in [3.8, 4) is 0 Å². The van der Waals surface area contributed by atoms with Gasteiger partial charge in [0.25, 0.3) is 0 Å². The minimum absolute atomic E-state index is 0.795. The molecule has 1 aromatic carbocycles. The lowest BCUT2D eigenvalue weighted by molar-refractivity contribution is 0.919. The van der Waals surface area contributed by atoms with Crippen LogP contribution in [0.4, 0.5) is 17.3 Å². The molecule has 0 aliphatic rings. The molecular formula is C15H18Br2N4. The summed E-state index contributed by atoms with van der Waals surface area (Å²) in [5, 5.41) is 6.64. The molecule has 4 nitrogen and oxygen atoms in total. The van der Waals surface area contributed by atoms with Crippen molar-refractivity contribution in [3.05, 3.63) is 39.0 Å². The van der Waals surface area contributed by atoms with Gasteiger partial charge in [0.05, 0.1) is 5.69 Å². The first-order chi connectivity index (χ1) is 10.1. The van der Waals surface area contributed by atoms with Gasteiger partial charge >= 0.3 is 0 Å². The quantitative estimate of drug-likeness (QED) is 0.689. The number of aryl methyl sites for hydroxylation is 1. The smallest absolute Gasteiger partial charge is 0.136 e. The summed E-state index contributed by atoms with van der Waals surface area (Å²) in [6.07, 6.45) is 1.87. The van der Waals surface area contributed by atoms with Crippen molar-refractivity contribution in [2.24, 2.45) is 0 Å². The van der Waals surface area contributed by atoms with Crippen LogP contribution in [0.3, 0.4) is 0 Å². The molecule has 0 bridgehead atoms. The highest BCUT2D eigenvalue weighted by Gasteiger charge is 2.06. The number of nitrogens with zero attached hydrogens (tertiary/aromatic N) is 2. The zero-order valence-electron chi connectivity index (χ0n) is 12.1. The number of rotatable bonds is 6. The van der Waals surface area contributed by atoms with Crippen molar-refractivity contribution in [2.45, 2.75) is 26.7 Å². The molecule has 0 radical (unpaired) electrons. The van der Waals surface area contributed by atoms with Crippen LogP contribution in [-0.4, -0.2) is 16.5 Å². The van der Waals surface area contributed by atoms with E-state index in [2.05, 4.69) is 66.3 Å². The highest BCUT2D eigenvalue weighted by molar-refractivity contribution is 9.11. The Balaban J connectivity index is 2.25. The monoisotopic (exact) mass is 412 g/mol. The molecule has 0 saturated carbocycles. The Morgan fingerprint density at radius 3 is 2.48 bits per heavy atom. The first-order valence-electron chi connectivity index (χ1n) is 6.96. The molecule has 6 heteroatoms. The van der Waals surface area contributed by atoms with Crippen molar-refractivity contribution in [2.75, 3.05) is 17.2 Å². The zero-order chi connectivity index (χ0) is 15.2. The first kappa shape index (κ1) is 16.2. The molecule has 0 unspecified atom stereocenters. The zero-order valence-corrected chi connectivity index (χ0v) is 15.3. The van der Waals surface area contributed by atoms with E-state index in [1.54, 1.807) is 0 Å². The number of halogens is 2. The van der Waals surface area contributed by atoms with Gasteiger partial charge in [0.1, 0.15) is 17.5 Å². The summed E-state index contributed by atoms with van der Waals surface area (Å²) in [5.41, 5.74) is 0.973. The lowest BCUT2D eigenvalue weighted by Gasteiger charge is -2.12. The van der Waals surface area contributed by atoms with Gasteiger partial charge < -0.3 is 10.6 Å². The number of hydrogen-bond acceptors (Lipinski definition) is 4. The fourth-order valence-corrected chi connectivity index (χ4v) is 2.94. The van der Waals surface area contributed by atoms with E-state index >= 15 is 0 Å². The standard InChI is InChI=1S/C15H18Br2N4/c1-3-7-18-14-9-15(21-13(4-2)20-14)19-12-6-5-10(16)8-11(12)17/h5-6,8-9H,3-4,7H2,1-2H3,(H2,18,19,20,21). The third kappa shape index (κ3) is 4.68. The lowest BCUT2D eigenvalue weighted by atomic mass is 10.3. The average molecular weight is 414 g/mol. The van der Waals surface area contributed by atoms with Crippen LogP contribution in [0.25, 0.3) is 0 Å². The van der Waals surface area contributed by atoms with Crippen LogP contribution in [0.15, 0.2) is 33.2 Å². The molecule has 0 atom stereocenters. The Bertz CT molecular complexity index is 617. The highest BCUT2D eigenvalue weighted by atomic mass is 79.9. The molecule has 0 spiro atoms. The Hall–Kier alpha value is -1.14. The molecule has 2 rings (SSSR count). The second-order valence-corrected chi connectivity index (χ2v) is 6.35. The second-order valence-electron chi connectivity index (χ2n) is 4.58. The summed E-state index contributed by atoms with van der Waals surface area (Å²) in [7, 11) is 0. The average Bonchev–Trinajstić information content (AvgIpc) is 2.48. The van der Waals surface area contributed by atoms with Crippen LogP contribution in [0.5, 0.6) is 0 Å². The van der Waals surface area contributed by atoms with Crippen molar-refractivity contribution in [1.29, 1.82) is 0 Å².